The van der Waals surface area contributed by atoms with Gasteiger partial charge in [0.2, 0.25) is 0 Å². The molecule has 86 valence electrons. The molecule has 15 heavy (non-hydrogen) atoms. The summed E-state index contributed by atoms with van der Waals surface area (Å²) >= 11 is 11.3. The van der Waals surface area contributed by atoms with Crippen LogP contribution < -0.4 is 0 Å². The van der Waals surface area contributed by atoms with Gasteiger partial charge in [0.25, 0.3) is 0 Å². The standard InChI is InChI=1S/C9H13Cl2NO3/c1-14-9(13)8-6-15-3-2-12(8)5-7(11)4-10/h4,8H,2-3,5-6H2,1H3. The van der Waals surface area contributed by atoms with E-state index < -0.39 is 6.04 Å². The van der Waals surface area contributed by atoms with Crippen molar-refractivity contribution in [3.8, 4) is 0 Å². The minimum atomic E-state index is -0.394. The molecule has 0 saturated carbocycles. The van der Waals surface area contributed by atoms with Crippen LogP contribution in [-0.4, -0.2) is 50.3 Å². The van der Waals surface area contributed by atoms with E-state index in [-0.39, 0.29) is 5.97 Å². The fraction of sp³-hybridized carbons (Fsp3) is 0.667. The Bertz CT molecular complexity index is 258. The van der Waals surface area contributed by atoms with Crippen molar-refractivity contribution in [3.63, 3.8) is 0 Å². The number of carbonyl (C=O) groups excluding carboxylic acids is 1. The van der Waals surface area contributed by atoms with Crippen LogP contribution in [-0.2, 0) is 14.3 Å². The number of methoxy groups -OCH3 is 1. The van der Waals surface area contributed by atoms with Crippen LogP contribution in [0.1, 0.15) is 0 Å². The lowest BCUT2D eigenvalue weighted by Crippen LogP contribution is -2.50. The second kappa shape index (κ2) is 6.33. The van der Waals surface area contributed by atoms with E-state index in [9.17, 15) is 4.79 Å². The quantitative estimate of drug-likeness (QED) is 0.709. The van der Waals surface area contributed by atoms with Gasteiger partial charge in [0, 0.05) is 23.7 Å². The van der Waals surface area contributed by atoms with Gasteiger partial charge in [-0.2, -0.15) is 0 Å². The van der Waals surface area contributed by atoms with Crippen LogP contribution in [0.5, 0.6) is 0 Å². The molecule has 0 aromatic carbocycles. The fourth-order valence-corrected chi connectivity index (χ4v) is 1.63. The van der Waals surface area contributed by atoms with E-state index in [1.54, 1.807) is 0 Å². The Morgan fingerprint density at radius 1 is 1.73 bits per heavy atom. The first-order valence-corrected chi connectivity index (χ1v) is 5.35. The molecule has 1 rings (SSSR count). The average molecular weight is 254 g/mol. The summed E-state index contributed by atoms with van der Waals surface area (Å²) in [6, 6.07) is -0.394. The van der Waals surface area contributed by atoms with Crippen molar-refractivity contribution >= 4 is 29.2 Å². The van der Waals surface area contributed by atoms with Crippen LogP contribution >= 0.6 is 23.2 Å². The molecular formula is C9H13Cl2NO3. The summed E-state index contributed by atoms with van der Waals surface area (Å²) in [6.07, 6.45) is 0. The first kappa shape index (κ1) is 12.8. The van der Waals surface area contributed by atoms with Crippen molar-refractivity contribution in [3.05, 3.63) is 10.6 Å². The van der Waals surface area contributed by atoms with E-state index in [0.29, 0.717) is 31.3 Å². The zero-order valence-corrected chi connectivity index (χ0v) is 9.92. The summed E-state index contributed by atoms with van der Waals surface area (Å²) in [5.41, 5.74) is 1.30. The number of esters is 1. The summed E-state index contributed by atoms with van der Waals surface area (Å²) in [5.74, 6) is -0.311. The number of nitrogens with zero attached hydrogens (tertiary/aromatic N) is 1. The zero-order valence-electron chi connectivity index (χ0n) is 8.41. The lowest BCUT2D eigenvalue weighted by Gasteiger charge is -2.33. The van der Waals surface area contributed by atoms with Gasteiger partial charge in [-0.25, -0.2) is 0 Å². The summed E-state index contributed by atoms with van der Waals surface area (Å²) in [4.78, 5) is 13.3. The number of carbonyl (C=O) groups is 1. The number of rotatable bonds is 3. The van der Waals surface area contributed by atoms with Crippen LogP contribution in [0.3, 0.4) is 0 Å². The van der Waals surface area contributed by atoms with Gasteiger partial charge in [0.1, 0.15) is 6.04 Å². The highest BCUT2D eigenvalue weighted by molar-refractivity contribution is 6.36. The molecule has 1 saturated heterocycles. The van der Waals surface area contributed by atoms with Crippen molar-refractivity contribution in [2.75, 3.05) is 33.4 Å². The molecule has 1 heterocycles. The smallest absolute Gasteiger partial charge is 0.325 e. The Morgan fingerprint density at radius 3 is 3.07 bits per heavy atom. The van der Waals surface area contributed by atoms with E-state index in [1.807, 2.05) is 4.90 Å². The fourth-order valence-electron chi connectivity index (χ4n) is 1.41. The van der Waals surface area contributed by atoms with Crippen LogP contribution in [0, 0.1) is 0 Å². The molecule has 0 N–H and O–H groups in total. The predicted octanol–water partition coefficient (Wildman–Crippen LogP) is 1.18. The Balaban J connectivity index is 2.61. The highest BCUT2D eigenvalue weighted by Crippen LogP contribution is 2.13. The van der Waals surface area contributed by atoms with E-state index in [2.05, 4.69) is 4.74 Å². The lowest BCUT2D eigenvalue weighted by atomic mass is 10.2. The number of hydrogen-bond donors (Lipinski definition) is 0. The molecule has 0 bridgehead atoms. The van der Waals surface area contributed by atoms with Crippen molar-refractivity contribution in [1.82, 2.24) is 4.90 Å². The average Bonchev–Trinajstić information content (AvgIpc) is 2.28. The first-order chi connectivity index (χ1) is 7.19. The number of hydrogen-bond acceptors (Lipinski definition) is 4. The third-order valence-electron chi connectivity index (χ3n) is 2.19. The molecule has 1 aliphatic heterocycles. The molecule has 1 aliphatic rings. The molecule has 0 amide bonds. The van der Waals surface area contributed by atoms with Crippen LogP contribution in [0.2, 0.25) is 0 Å². The molecule has 0 aromatic rings. The second-order valence-electron chi connectivity index (χ2n) is 3.14. The Morgan fingerprint density at radius 2 is 2.47 bits per heavy atom. The molecule has 1 fully saturated rings. The van der Waals surface area contributed by atoms with E-state index in [0.717, 1.165) is 0 Å². The Kier molecular flexibility index (Phi) is 5.39. The molecule has 6 heteroatoms. The molecule has 4 nitrogen and oxygen atoms in total. The van der Waals surface area contributed by atoms with Gasteiger partial charge in [-0.15, -0.1) is 0 Å². The summed E-state index contributed by atoms with van der Waals surface area (Å²) < 4.78 is 9.89. The maximum Gasteiger partial charge on any atom is 0.325 e. The van der Waals surface area contributed by atoms with E-state index in [4.69, 9.17) is 27.9 Å². The van der Waals surface area contributed by atoms with Gasteiger partial charge in [0.15, 0.2) is 0 Å². The van der Waals surface area contributed by atoms with Crippen LogP contribution in [0.15, 0.2) is 10.6 Å². The molecule has 0 aliphatic carbocycles. The Hall–Kier alpha value is -0.290. The molecular weight excluding hydrogens is 241 g/mol. The van der Waals surface area contributed by atoms with Crippen molar-refractivity contribution in [1.29, 1.82) is 0 Å². The monoisotopic (exact) mass is 253 g/mol. The maximum atomic E-state index is 11.4. The number of halogens is 2. The summed E-state index contributed by atoms with van der Waals surface area (Å²) in [7, 11) is 1.36. The topological polar surface area (TPSA) is 38.8 Å². The van der Waals surface area contributed by atoms with Gasteiger partial charge in [-0.3, -0.25) is 9.69 Å². The highest BCUT2D eigenvalue weighted by Gasteiger charge is 2.30. The SMILES string of the molecule is COC(=O)C1COCCN1CC(Cl)=CCl. The van der Waals surface area contributed by atoms with Gasteiger partial charge in [0.05, 0.1) is 20.3 Å². The minimum Gasteiger partial charge on any atom is -0.468 e. The van der Waals surface area contributed by atoms with Gasteiger partial charge < -0.3 is 9.47 Å². The molecule has 0 spiro atoms. The third-order valence-corrected chi connectivity index (χ3v) is 2.79. The zero-order chi connectivity index (χ0) is 11.3. The van der Waals surface area contributed by atoms with Gasteiger partial charge in [-0.1, -0.05) is 23.2 Å². The lowest BCUT2D eigenvalue weighted by molar-refractivity contribution is -0.152. The van der Waals surface area contributed by atoms with Crippen LogP contribution in [0.25, 0.3) is 0 Å². The third kappa shape index (κ3) is 3.65. The van der Waals surface area contributed by atoms with Crippen LogP contribution in [0.4, 0.5) is 0 Å². The summed E-state index contributed by atoms with van der Waals surface area (Å²) in [5, 5.41) is 0.493. The molecule has 0 aromatic heterocycles. The predicted molar refractivity (Wildman–Crippen MR) is 58.0 cm³/mol. The van der Waals surface area contributed by atoms with Gasteiger partial charge in [-0.05, 0) is 0 Å². The second-order valence-corrected chi connectivity index (χ2v) is 3.84. The highest BCUT2D eigenvalue weighted by atomic mass is 35.5. The van der Waals surface area contributed by atoms with Crippen molar-refractivity contribution in [2.45, 2.75) is 6.04 Å². The number of morpholine rings is 1. The normalized spacial score (nSPS) is 23.9. The summed E-state index contributed by atoms with van der Waals surface area (Å²) in [6.45, 7) is 1.99. The number of ether oxygens (including phenoxy) is 2. The molecule has 1 atom stereocenters. The van der Waals surface area contributed by atoms with Gasteiger partial charge >= 0.3 is 5.97 Å². The first-order valence-electron chi connectivity index (χ1n) is 4.53. The molecule has 1 unspecified atom stereocenters. The largest absolute Gasteiger partial charge is 0.468 e. The Labute approximate surface area is 98.7 Å². The minimum absolute atomic E-state index is 0.311. The van der Waals surface area contributed by atoms with Crippen molar-refractivity contribution < 1.29 is 14.3 Å². The molecule has 0 radical (unpaired) electrons. The van der Waals surface area contributed by atoms with E-state index in [1.165, 1.54) is 12.6 Å². The van der Waals surface area contributed by atoms with E-state index >= 15 is 0 Å². The van der Waals surface area contributed by atoms with Crippen molar-refractivity contribution in [2.24, 2.45) is 0 Å². The maximum absolute atomic E-state index is 11.4.